The van der Waals surface area contributed by atoms with E-state index in [1.807, 2.05) is 0 Å². The number of ether oxygens (including phenoxy) is 2. The molecule has 24 heavy (non-hydrogen) atoms. The van der Waals surface area contributed by atoms with Gasteiger partial charge in [0.05, 0.1) is 6.10 Å². The summed E-state index contributed by atoms with van der Waals surface area (Å²) < 4.78 is 45.4. The minimum absolute atomic E-state index is 0.0707. The molecule has 3 N–H and O–H groups in total. The Morgan fingerprint density at radius 2 is 2.04 bits per heavy atom. The van der Waals surface area contributed by atoms with Crippen LogP contribution in [-0.2, 0) is 4.74 Å². The molecule has 0 bridgehead atoms. The highest BCUT2D eigenvalue weighted by Crippen LogP contribution is 2.25. The minimum Gasteiger partial charge on any atom is -0.406 e. The summed E-state index contributed by atoms with van der Waals surface area (Å²) in [6.07, 6.45) is -3.32. The maximum atomic E-state index is 12.4. The van der Waals surface area contributed by atoms with Crippen LogP contribution in [0.25, 0.3) is 0 Å². The molecule has 1 fully saturated rings. The van der Waals surface area contributed by atoms with E-state index in [2.05, 4.69) is 10.1 Å². The second-order valence-corrected chi connectivity index (χ2v) is 5.47. The average Bonchev–Trinajstić information content (AvgIpc) is 2.54. The molecule has 1 aromatic rings. The number of benzene rings is 1. The van der Waals surface area contributed by atoms with Crippen LogP contribution in [0.15, 0.2) is 24.3 Å². The molecular weight excluding hydrogens is 327 g/mol. The zero-order valence-corrected chi connectivity index (χ0v) is 13.2. The van der Waals surface area contributed by atoms with E-state index in [0.29, 0.717) is 31.6 Å². The first-order chi connectivity index (χ1) is 11.3. The van der Waals surface area contributed by atoms with E-state index >= 15 is 0 Å². The van der Waals surface area contributed by atoms with Gasteiger partial charge in [0.2, 0.25) is 0 Å². The van der Waals surface area contributed by atoms with Gasteiger partial charge in [-0.25, -0.2) is 4.79 Å². The fraction of sp³-hybridized carbons (Fsp3) is 0.533. The van der Waals surface area contributed by atoms with Crippen LogP contribution in [0, 0.1) is 0 Å². The van der Waals surface area contributed by atoms with Gasteiger partial charge < -0.3 is 25.4 Å². The summed E-state index contributed by atoms with van der Waals surface area (Å²) >= 11 is 0. The SMILES string of the molecule is COC1CCN(C(=O)Nc2ccc(OC(F)(F)F)cc2)C(CN)C1. The molecule has 2 amide bonds. The standard InChI is InChI=1S/C15H20F3N3O3/c1-23-13-6-7-21(11(8-13)9-19)14(22)20-10-2-4-12(5-3-10)24-15(16,17)18/h2-5,11,13H,6-9,19H2,1H3,(H,20,22). The number of anilines is 1. The summed E-state index contributed by atoms with van der Waals surface area (Å²) in [6.45, 7) is 0.813. The van der Waals surface area contributed by atoms with Crippen molar-refractivity contribution in [3.05, 3.63) is 24.3 Å². The molecule has 0 saturated carbocycles. The van der Waals surface area contributed by atoms with Crippen LogP contribution >= 0.6 is 0 Å². The number of likely N-dealkylation sites (tertiary alicyclic amines) is 1. The summed E-state index contributed by atoms with van der Waals surface area (Å²) in [7, 11) is 1.62. The Kier molecular flexibility index (Phi) is 5.89. The first kappa shape index (κ1) is 18.3. The summed E-state index contributed by atoms with van der Waals surface area (Å²) in [4.78, 5) is 14.0. The van der Waals surface area contributed by atoms with E-state index < -0.39 is 6.36 Å². The van der Waals surface area contributed by atoms with Gasteiger partial charge in [-0.2, -0.15) is 0 Å². The zero-order chi connectivity index (χ0) is 17.7. The van der Waals surface area contributed by atoms with Crippen LogP contribution in [0.5, 0.6) is 5.75 Å². The van der Waals surface area contributed by atoms with Gasteiger partial charge in [-0.3, -0.25) is 0 Å². The highest BCUT2D eigenvalue weighted by atomic mass is 19.4. The molecule has 1 aliphatic rings. The second kappa shape index (κ2) is 7.71. The maximum absolute atomic E-state index is 12.4. The number of urea groups is 1. The van der Waals surface area contributed by atoms with E-state index in [4.69, 9.17) is 10.5 Å². The Morgan fingerprint density at radius 3 is 2.58 bits per heavy atom. The monoisotopic (exact) mass is 347 g/mol. The lowest BCUT2D eigenvalue weighted by Crippen LogP contribution is -2.52. The molecule has 2 unspecified atom stereocenters. The van der Waals surface area contributed by atoms with Crippen LogP contribution < -0.4 is 15.8 Å². The number of rotatable bonds is 4. The number of amides is 2. The lowest BCUT2D eigenvalue weighted by molar-refractivity contribution is -0.274. The highest BCUT2D eigenvalue weighted by Gasteiger charge is 2.32. The van der Waals surface area contributed by atoms with Gasteiger partial charge in [-0.1, -0.05) is 0 Å². The number of alkyl halides is 3. The predicted molar refractivity (Wildman–Crippen MR) is 81.7 cm³/mol. The molecule has 0 aliphatic carbocycles. The second-order valence-electron chi connectivity index (χ2n) is 5.47. The number of carbonyl (C=O) groups excluding carboxylic acids is 1. The van der Waals surface area contributed by atoms with Crippen molar-refractivity contribution in [1.29, 1.82) is 0 Å². The van der Waals surface area contributed by atoms with Crippen molar-refractivity contribution in [2.75, 3.05) is 25.5 Å². The van der Waals surface area contributed by atoms with E-state index in [1.165, 1.54) is 12.1 Å². The summed E-state index contributed by atoms with van der Waals surface area (Å²) in [5, 5.41) is 2.65. The number of methoxy groups -OCH3 is 1. The van der Waals surface area contributed by atoms with Crippen molar-refractivity contribution in [3.8, 4) is 5.75 Å². The quantitative estimate of drug-likeness (QED) is 0.878. The van der Waals surface area contributed by atoms with Crippen molar-refractivity contribution in [3.63, 3.8) is 0 Å². The lowest BCUT2D eigenvalue weighted by Gasteiger charge is -2.38. The van der Waals surface area contributed by atoms with Gasteiger partial charge in [-0.15, -0.1) is 13.2 Å². The van der Waals surface area contributed by atoms with Crippen LogP contribution in [-0.4, -0.2) is 49.6 Å². The van der Waals surface area contributed by atoms with Crippen molar-refractivity contribution in [2.45, 2.75) is 31.3 Å². The Morgan fingerprint density at radius 1 is 1.38 bits per heavy atom. The number of hydrogen-bond acceptors (Lipinski definition) is 4. The van der Waals surface area contributed by atoms with Crippen LogP contribution in [0.3, 0.4) is 0 Å². The number of nitrogens with one attached hydrogen (secondary N) is 1. The maximum Gasteiger partial charge on any atom is 0.573 e. The molecule has 1 saturated heterocycles. The van der Waals surface area contributed by atoms with Crippen LogP contribution in [0.2, 0.25) is 0 Å². The molecule has 1 aliphatic heterocycles. The molecule has 0 aromatic heterocycles. The fourth-order valence-electron chi connectivity index (χ4n) is 2.65. The van der Waals surface area contributed by atoms with Gasteiger partial charge in [0.1, 0.15) is 5.75 Å². The largest absolute Gasteiger partial charge is 0.573 e. The Bertz CT molecular complexity index is 551. The van der Waals surface area contributed by atoms with Gasteiger partial charge in [0.25, 0.3) is 0 Å². The first-order valence-corrected chi connectivity index (χ1v) is 7.48. The Labute approximate surface area is 137 Å². The molecule has 2 rings (SSSR count). The molecule has 1 heterocycles. The highest BCUT2D eigenvalue weighted by molar-refractivity contribution is 5.89. The van der Waals surface area contributed by atoms with E-state index in [1.54, 1.807) is 12.0 Å². The zero-order valence-electron chi connectivity index (χ0n) is 13.2. The number of piperidine rings is 1. The lowest BCUT2D eigenvalue weighted by atomic mass is 10.00. The van der Waals surface area contributed by atoms with Gasteiger partial charge in [-0.05, 0) is 37.1 Å². The molecule has 0 spiro atoms. The van der Waals surface area contributed by atoms with Crippen molar-refractivity contribution in [1.82, 2.24) is 4.90 Å². The summed E-state index contributed by atoms with van der Waals surface area (Å²) in [6, 6.07) is 4.49. The van der Waals surface area contributed by atoms with E-state index in [-0.39, 0.29) is 23.9 Å². The number of carbonyl (C=O) groups is 1. The third-order valence-corrected chi connectivity index (χ3v) is 3.87. The summed E-state index contributed by atoms with van der Waals surface area (Å²) in [5.74, 6) is -0.346. The number of nitrogens with two attached hydrogens (primary N) is 1. The van der Waals surface area contributed by atoms with Crippen LogP contribution in [0.4, 0.5) is 23.7 Å². The fourth-order valence-corrected chi connectivity index (χ4v) is 2.65. The predicted octanol–water partition coefficient (Wildman–Crippen LogP) is 2.56. The van der Waals surface area contributed by atoms with Crippen molar-refractivity contribution >= 4 is 11.7 Å². The minimum atomic E-state index is -4.75. The van der Waals surface area contributed by atoms with E-state index in [0.717, 1.165) is 12.1 Å². The van der Waals surface area contributed by atoms with Crippen LogP contribution in [0.1, 0.15) is 12.8 Å². The third kappa shape index (κ3) is 5.00. The van der Waals surface area contributed by atoms with Gasteiger partial charge in [0, 0.05) is 31.9 Å². The first-order valence-electron chi connectivity index (χ1n) is 7.48. The molecule has 6 nitrogen and oxygen atoms in total. The Balaban J connectivity index is 1.96. The number of halogens is 3. The third-order valence-electron chi connectivity index (χ3n) is 3.87. The topological polar surface area (TPSA) is 76.8 Å². The van der Waals surface area contributed by atoms with Gasteiger partial charge in [0.15, 0.2) is 0 Å². The normalized spacial score (nSPS) is 21.5. The molecule has 0 radical (unpaired) electrons. The molecule has 1 aromatic carbocycles. The van der Waals surface area contributed by atoms with Crippen molar-refractivity contribution in [2.24, 2.45) is 5.73 Å². The van der Waals surface area contributed by atoms with E-state index in [9.17, 15) is 18.0 Å². The smallest absolute Gasteiger partial charge is 0.406 e. The Hall–Kier alpha value is -2.00. The average molecular weight is 347 g/mol. The molecule has 2 atom stereocenters. The van der Waals surface area contributed by atoms with Gasteiger partial charge >= 0.3 is 12.4 Å². The number of hydrogen-bond donors (Lipinski definition) is 2. The van der Waals surface area contributed by atoms with Crippen molar-refractivity contribution < 1.29 is 27.4 Å². The molecule has 134 valence electrons. The number of nitrogens with zero attached hydrogens (tertiary/aromatic N) is 1. The molecule has 9 heteroatoms. The molecular formula is C15H20F3N3O3. The summed E-state index contributed by atoms with van der Waals surface area (Å²) in [5.41, 5.74) is 6.09.